The Balaban J connectivity index is 0.000000777. The van der Waals surface area contributed by atoms with Gasteiger partial charge in [0.1, 0.15) is 5.78 Å². The highest BCUT2D eigenvalue weighted by Crippen LogP contribution is 2.36. The lowest BCUT2D eigenvalue weighted by molar-refractivity contribution is -0.126. The highest BCUT2D eigenvalue weighted by molar-refractivity contribution is 7.81. The summed E-state index contributed by atoms with van der Waals surface area (Å²) >= 11 is 4.62. The number of rotatable bonds is 12. The van der Waals surface area contributed by atoms with Gasteiger partial charge in [-0.1, -0.05) is 104 Å². The van der Waals surface area contributed by atoms with Crippen molar-refractivity contribution < 1.29 is 9.45 Å². The first-order valence-electron chi connectivity index (χ1n) is 15.7. The summed E-state index contributed by atoms with van der Waals surface area (Å²) in [5.74, 6) is 3.38. The minimum atomic E-state index is -0.482. The quantitative estimate of drug-likeness (QED) is 0.204. The number of carbonyl (C=O) groups excluding carboxylic acids is 1. The smallest absolute Gasteiger partial charge is 0.330 e. The number of hydrogen-bond donors (Lipinski definition) is 1. The first kappa shape index (κ1) is 38.3. The largest absolute Gasteiger partial charge is 0.428 e. The van der Waals surface area contributed by atoms with E-state index in [0.29, 0.717) is 0 Å². The summed E-state index contributed by atoms with van der Waals surface area (Å²) in [6, 6.07) is 6.13. The molecule has 4 heteroatoms. The van der Waals surface area contributed by atoms with Crippen LogP contribution < -0.4 is 5.46 Å². The number of carbonyl (C=O) groups is 1. The van der Waals surface area contributed by atoms with Gasteiger partial charge in [-0.05, 0) is 90.2 Å². The molecule has 0 aromatic heterocycles. The fourth-order valence-electron chi connectivity index (χ4n) is 5.09. The third-order valence-electron chi connectivity index (χ3n) is 8.67. The Labute approximate surface area is 250 Å². The van der Waals surface area contributed by atoms with E-state index in [0.717, 1.165) is 34.3 Å². The van der Waals surface area contributed by atoms with Gasteiger partial charge in [-0.2, -0.15) is 12.6 Å². The lowest BCUT2D eigenvalue weighted by Crippen LogP contribution is -2.45. The molecule has 1 fully saturated rings. The Morgan fingerprint density at radius 2 is 1.59 bits per heavy atom. The Morgan fingerprint density at radius 1 is 1.03 bits per heavy atom. The molecule has 1 saturated carbocycles. The molecule has 1 aliphatic rings. The second-order valence-corrected chi connectivity index (χ2v) is 15.2. The molecule has 0 amide bonds. The summed E-state index contributed by atoms with van der Waals surface area (Å²) in [4.78, 5) is 12.5. The van der Waals surface area contributed by atoms with E-state index < -0.39 is 11.0 Å². The van der Waals surface area contributed by atoms with Gasteiger partial charge in [-0.25, -0.2) is 0 Å². The Morgan fingerprint density at radius 3 is 1.95 bits per heavy atom. The van der Waals surface area contributed by atoms with Crippen molar-refractivity contribution in [2.24, 2.45) is 23.7 Å². The first-order chi connectivity index (χ1) is 17.8. The normalized spacial score (nSPS) is 18.3. The molecule has 39 heavy (non-hydrogen) atoms. The number of thiol groups is 1. The Kier molecular flexibility index (Phi) is 16.9. The fourth-order valence-corrected chi connectivity index (χ4v) is 5.14. The van der Waals surface area contributed by atoms with Crippen molar-refractivity contribution in [2.45, 2.75) is 158 Å². The lowest BCUT2D eigenvalue weighted by Gasteiger charge is -2.38. The molecule has 1 aromatic rings. The van der Waals surface area contributed by atoms with E-state index in [1.165, 1.54) is 44.9 Å². The predicted octanol–water partition coefficient (Wildman–Crippen LogP) is 9.91. The molecule has 0 saturated heterocycles. The van der Waals surface area contributed by atoms with Crippen LogP contribution in [-0.2, 0) is 14.9 Å². The molecule has 1 radical (unpaired) electrons. The average Bonchev–Trinajstić information content (AvgIpc) is 2.81. The molecule has 225 valence electrons. The zero-order chi connectivity index (χ0) is 30.6. The van der Waals surface area contributed by atoms with E-state index >= 15 is 0 Å². The summed E-state index contributed by atoms with van der Waals surface area (Å²) < 4.78 is 5.72. The lowest BCUT2D eigenvalue weighted by atomic mass is 9.73. The molecule has 1 atom stereocenters. The highest BCUT2D eigenvalue weighted by Gasteiger charge is 2.35. The van der Waals surface area contributed by atoms with Crippen molar-refractivity contribution in [1.29, 1.82) is 0 Å². The summed E-state index contributed by atoms with van der Waals surface area (Å²) in [5, 5.41) is 0. The SMILES string of the molecule is CCCC(C)CC.CCCC1CC(C)C1.Cc1cc([B]OC(C)(C)C(C)(C)S)ccc1C(C)(C)C(=O)C(C)C. The van der Waals surface area contributed by atoms with Crippen LogP contribution in [0, 0.1) is 30.6 Å². The van der Waals surface area contributed by atoms with Gasteiger partial charge in [0.05, 0.1) is 5.60 Å². The van der Waals surface area contributed by atoms with E-state index in [9.17, 15) is 4.79 Å². The van der Waals surface area contributed by atoms with Gasteiger partial charge in [0.25, 0.3) is 0 Å². The Bertz CT molecular complexity index is 829. The third kappa shape index (κ3) is 13.2. The summed E-state index contributed by atoms with van der Waals surface area (Å²) in [6.07, 6.45) is 9.96. The predicted molar refractivity (Wildman–Crippen MR) is 179 cm³/mol. The zero-order valence-electron chi connectivity index (χ0n) is 28.3. The Hall–Kier alpha value is -0.735. The van der Waals surface area contributed by atoms with Crippen LogP contribution in [0.3, 0.4) is 0 Å². The van der Waals surface area contributed by atoms with Crippen LogP contribution in [0.2, 0.25) is 0 Å². The number of hydrogen-bond acceptors (Lipinski definition) is 3. The van der Waals surface area contributed by atoms with Gasteiger partial charge in [-0.15, -0.1) is 0 Å². The van der Waals surface area contributed by atoms with Crippen LogP contribution in [0.4, 0.5) is 0 Å². The van der Waals surface area contributed by atoms with Crippen LogP contribution in [0.25, 0.3) is 0 Å². The van der Waals surface area contributed by atoms with Gasteiger partial charge in [0.2, 0.25) is 0 Å². The fraction of sp³-hybridized carbons (Fsp3) is 0.800. The van der Waals surface area contributed by atoms with Crippen molar-refractivity contribution >= 4 is 31.4 Å². The van der Waals surface area contributed by atoms with Crippen molar-refractivity contribution in [1.82, 2.24) is 0 Å². The molecule has 0 bridgehead atoms. The van der Waals surface area contributed by atoms with Gasteiger partial charge < -0.3 is 4.65 Å². The minimum absolute atomic E-state index is 0.0207. The van der Waals surface area contributed by atoms with Gasteiger partial charge >= 0.3 is 7.48 Å². The zero-order valence-corrected chi connectivity index (χ0v) is 29.2. The number of ketones is 1. The van der Waals surface area contributed by atoms with Crippen molar-refractivity contribution in [3.05, 3.63) is 29.3 Å². The highest BCUT2D eigenvalue weighted by atomic mass is 32.1. The molecule has 1 aromatic carbocycles. The molecule has 0 spiro atoms. The van der Waals surface area contributed by atoms with Gasteiger partial charge in [0.15, 0.2) is 0 Å². The number of benzene rings is 1. The molecule has 0 N–H and O–H groups in total. The molecule has 0 heterocycles. The summed E-state index contributed by atoms with van der Waals surface area (Å²) in [6.45, 7) is 29.5. The van der Waals surface area contributed by atoms with E-state index in [-0.39, 0.29) is 16.4 Å². The van der Waals surface area contributed by atoms with Crippen LogP contribution in [0.5, 0.6) is 0 Å². The van der Waals surface area contributed by atoms with Crippen LogP contribution in [0.1, 0.15) is 146 Å². The molecule has 2 rings (SSSR count). The van der Waals surface area contributed by atoms with Gasteiger partial charge in [-0.3, -0.25) is 4.79 Å². The third-order valence-corrected chi connectivity index (χ3v) is 9.21. The van der Waals surface area contributed by atoms with Crippen molar-refractivity contribution in [3.8, 4) is 0 Å². The standard InChI is InChI=1S/C20H32BO2S.C8H16.C7H16/c1-13(2)17(22)18(4,5)16-11-10-15(12-14(16)3)21-23-19(6,7)20(8,9)24;1-3-4-8-5-7(2)6-8;1-4-6-7(3)5-2/h10-13,24H,1-9H3;7-8H,3-6H2,1-2H3;7H,4-6H2,1-3H3. The summed E-state index contributed by atoms with van der Waals surface area (Å²) in [7, 11) is 1.78. The maximum Gasteiger partial charge on any atom is 0.330 e. The van der Waals surface area contributed by atoms with Gasteiger partial charge in [0, 0.05) is 16.1 Å². The molecular weight excluding hydrogens is 495 g/mol. The van der Waals surface area contributed by atoms with E-state index in [2.05, 4.69) is 60.2 Å². The maximum atomic E-state index is 12.5. The number of aryl methyl sites for hydroxylation is 1. The average molecular weight is 560 g/mol. The monoisotopic (exact) mass is 559 g/mol. The van der Waals surface area contributed by atoms with Crippen LogP contribution in [-0.4, -0.2) is 23.6 Å². The second-order valence-electron chi connectivity index (χ2n) is 14.1. The molecule has 0 aliphatic heterocycles. The van der Waals surface area contributed by atoms with E-state index in [4.69, 9.17) is 4.65 Å². The maximum absolute atomic E-state index is 12.5. The van der Waals surface area contributed by atoms with Crippen LogP contribution >= 0.6 is 12.6 Å². The second kappa shape index (κ2) is 17.3. The summed E-state index contributed by atoms with van der Waals surface area (Å²) in [5.41, 5.74) is 2.30. The first-order valence-corrected chi connectivity index (χ1v) is 16.2. The van der Waals surface area contributed by atoms with E-state index in [1.807, 2.05) is 67.5 Å². The molecular formula is C35H64BO2S. The molecule has 1 unspecified atom stereocenters. The van der Waals surface area contributed by atoms with Crippen LogP contribution in [0.15, 0.2) is 18.2 Å². The minimum Gasteiger partial charge on any atom is -0.428 e. The van der Waals surface area contributed by atoms with Crippen molar-refractivity contribution in [3.63, 3.8) is 0 Å². The molecule has 2 nitrogen and oxygen atoms in total. The molecule has 1 aliphatic carbocycles. The van der Waals surface area contributed by atoms with Crippen molar-refractivity contribution in [2.75, 3.05) is 0 Å². The van der Waals surface area contributed by atoms with E-state index in [1.54, 1.807) is 7.48 Å². The number of Topliss-reactive ketones (excluding diaryl/α,β-unsaturated/α-hetero) is 1. The topological polar surface area (TPSA) is 26.3 Å².